The van der Waals surface area contributed by atoms with E-state index in [1.807, 2.05) is 0 Å². The summed E-state index contributed by atoms with van der Waals surface area (Å²) in [6, 6.07) is 4.08. The van der Waals surface area contributed by atoms with E-state index in [0.29, 0.717) is 23.9 Å². The van der Waals surface area contributed by atoms with Gasteiger partial charge in [-0.1, -0.05) is 15.9 Å². The summed E-state index contributed by atoms with van der Waals surface area (Å²) < 4.78 is 41.3. The molecule has 2 rings (SSSR count). The van der Waals surface area contributed by atoms with Gasteiger partial charge in [0.1, 0.15) is 0 Å². The molecule has 18 heavy (non-hydrogen) atoms. The number of nitrogens with zero attached hydrogens (tertiary/aromatic N) is 1. The molecule has 1 aromatic carbocycles. The minimum absolute atomic E-state index is 0.143. The van der Waals surface area contributed by atoms with Gasteiger partial charge in [-0.3, -0.25) is 4.79 Å². The van der Waals surface area contributed by atoms with Gasteiger partial charge in [0.25, 0.3) is 0 Å². The maximum absolute atomic E-state index is 12.3. The topological polar surface area (TPSA) is 29.5 Å². The van der Waals surface area contributed by atoms with Crippen molar-refractivity contribution in [2.75, 3.05) is 11.4 Å². The van der Waals surface area contributed by atoms with Crippen LogP contribution in [0.25, 0.3) is 0 Å². The van der Waals surface area contributed by atoms with Crippen molar-refractivity contribution >= 4 is 27.5 Å². The van der Waals surface area contributed by atoms with Crippen LogP contribution in [-0.2, 0) is 4.79 Å². The van der Waals surface area contributed by atoms with Gasteiger partial charge >= 0.3 is 6.36 Å². The summed E-state index contributed by atoms with van der Waals surface area (Å²) in [4.78, 5) is 12.9. The van der Waals surface area contributed by atoms with Gasteiger partial charge in [-0.05, 0) is 24.6 Å². The summed E-state index contributed by atoms with van der Waals surface area (Å²) in [7, 11) is 0. The second-order valence-corrected chi connectivity index (χ2v) is 4.72. The van der Waals surface area contributed by atoms with Gasteiger partial charge in [-0.15, -0.1) is 13.2 Å². The van der Waals surface area contributed by atoms with E-state index in [1.165, 1.54) is 23.1 Å². The Hall–Kier alpha value is -1.24. The minimum Gasteiger partial charge on any atom is -0.404 e. The summed E-state index contributed by atoms with van der Waals surface area (Å²) >= 11 is 3.17. The Morgan fingerprint density at radius 1 is 1.33 bits per heavy atom. The molecule has 1 aromatic rings. The second-order valence-electron chi connectivity index (χ2n) is 3.81. The van der Waals surface area contributed by atoms with E-state index in [4.69, 9.17) is 0 Å². The molecule has 0 N–H and O–H groups in total. The number of carbonyl (C=O) groups excluding carboxylic acids is 1. The second kappa shape index (κ2) is 4.79. The van der Waals surface area contributed by atoms with Gasteiger partial charge in [0, 0.05) is 17.4 Å². The number of rotatable bonds is 2. The number of carbonyl (C=O) groups is 1. The summed E-state index contributed by atoms with van der Waals surface area (Å²) in [5.74, 6) is -0.555. The molecule has 1 heterocycles. The molecule has 0 aliphatic carbocycles. The molecule has 0 spiro atoms. The summed E-state index contributed by atoms with van der Waals surface area (Å²) in [5.41, 5.74) is 0.143. The number of halogens is 4. The zero-order chi connectivity index (χ0) is 13.3. The van der Waals surface area contributed by atoms with E-state index in [-0.39, 0.29) is 17.3 Å². The van der Waals surface area contributed by atoms with Crippen molar-refractivity contribution in [1.82, 2.24) is 0 Å². The number of hydrogen-bond donors (Lipinski definition) is 0. The molecule has 1 aliphatic rings. The number of hydrogen-bond acceptors (Lipinski definition) is 2. The first kappa shape index (κ1) is 13.2. The molecule has 1 saturated heterocycles. The van der Waals surface area contributed by atoms with E-state index in [1.54, 1.807) is 0 Å². The fourth-order valence-corrected chi connectivity index (χ4v) is 2.16. The molecule has 1 amide bonds. The predicted molar refractivity (Wildman–Crippen MR) is 62.4 cm³/mol. The van der Waals surface area contributed by atoms with Crippen molar-refractivity contribution in [1.29, 1.82) is 0 Å². The van der Waals surface area contributed by atoms with Crippen LogP contribution in [0.4, 0.5) is 18.9 Å². The molecule has 0 bridgehead atoms. The van der Waals surface area contributed by atoms with Crippen LogP contribution in [0.2, 0.25) is 0 Å². The molecule has 0 radical (unpaired) electrons. The fourth-order valence-electron chi connectivity index (χ4n) is 1.82. The molecule has 0 atom stereocenters. The van der Waals surface area contributed by atoms with E-state index in [2.05, 4.69) is 20.7 Å². The number of amides is 1. The maximum atomic E-state index is 12.3. The molecule has 1 aliphatic heterocycles. The van der Waals surface area contributed by atoms with Gasteiger partial charge in [-0.25, -0.2) is 0 Å². The smallest absolute Gasteiger partial charge is 0.404 e. The highest BCUT2D eigenvalue weighted by molar-refractivity contribution is 9.10. The minimum atomic E-state index is -4.77. The van der Waals surface area contributed by atoms with Crippen molar-refractivity contribution in [3.8, 4) is 5.75 Å². The first-order valence-electron chi connectivity index (χ1n) is 5.22. The quantitative estimate of drug-likeness (QED) is 0.834. The summed E-state index contributed by atoms with van der Waals surface area (Å²) in [5, 5.41) is 0. The van der Waals surface area contributed by atoms with Crippen molar-refractivity contribution in [3.05, 3.63) is 22.7 Å². The SMILES string of the molecule is O=C1CCCN1c1cc(Br)ccc1OC(F)(F)F. The molecule has 1 fully saturated rings. The molecule has 0 saturated carbocycles. The molecule has 0 aromatic heterocycles. The number of anilines is 1. The van der Waals surface area contributed by atoms with E-state index in [0.717, 1.165) is 0 Å². The van der Waals surface area contributed by atoms with Gasteiger partial charge in [0.2, 0.25) is 5.91 Å². The first-order valence-corrected chi connectivity index (χ1v) is 6.02. The molecule has 98 valence electrons. The van der Waals surface area contributed by atoms with Crippen molar-refractivity contribution in [3.63, 3.8) is 0 Å². The molecule has 7 heteroatoms. The highest BCUT2D eigenvalue weighted by atomic mass is 79.9. The van der Waals surface area contributed by atoms with Crippen LogP contribution in [0.5, 0.6) is 5.75 Å². The lowest BCUT2D eigenvalue weighted by atomic mass is 10.2. The lowest BCUT2D eigenvalue weighted by molar-refractivity contribution is -0.274. The van der Waals surface area contributed by atoms with Crippen molar-refractivity contribution < 1.29 is 22.7 Å². The van der Waals surface area contributed by atoms with Crippen LogP contribution < -0.4 is 9.64 Å². The third-order valence-electron chi connectivity index (χ3n) is 2.51. The van der Waals surface area contributed by atoms with Gasteiger partial charge in [-0.2, -0.15) is 0 Å². The summed E-state index contributed by atoms with van der Waals surface area (Å²) in [6.07, 6.45) is -3.79. The Labute approximate surface area is 110 Å². The van der Waals surface area contributed by atoms with Gasteiger partial charge in [0.15, 0.2) is 5.75 Å². The number of ether oxygens (including phenoxy) is 1. The van der Waals surface area contributed by atoms with E-state index < -0.39 is 6.36 Å². The average molecular weight is 324 g/mol. The lowest BCUT2D eigenvalue weighted by Crippen LogP contribution is -2.26. The molecular weight excluding hydrogens is 315 g/mol. The largest absolute Gasteiger partial charge is 0.573 e. The normalized spacial score (nSPS) is 16.2. The third-order valence-corrected chi connectivity index (χ3v) is 3.00. The maximum Gasteiger partial charge on any atom is 0.573 e. The van der Waals surface area contributed by atoms with Crippen LogP contribution >= 0.6 is 15.9 Å². The lowest BCUT2D eigenvalue weighted by Gasteiger charge is -2.20. The van der Waals surface area contributed by atoms with E-state index in [9.17, 15) is 18.0 Å². The van der Waals surface area contributed by atoms with Crippen LogP contribution in [0, 0.1) is 0 Å². The van der Waals surface area contributed by atoms with Crippen LogP contribution in [-0.4, -0.2) is 18.8 Å². The zero-order valence-corrected chi connectivity index (χ0v) is 10.7. The van der Waals surface area contributed by atoms with Crippen molar-refractivity contribution in [2.24, 2.45) is 0 Å². The zero-order valence-electron chi connectivity index (χ0n) is 9.13. The van der Waals surface area contributed by atoms with Crippen LogP contribution in [0.15, 0.2) is 22.7 Å². The number of benzene rings is 1. The standard InChI is InChI=1S/C11H9BrF3NO2/c12-7-3-4-9(18-11(13,14)15)8(6-7)16-5-1-2-10(16)17/h3-4,6H,1-2,5H2. The molecule has 0 unspecified atom stereocenters. The molecule has 3 nitrogen and oxygen atoms in total. The Morgan fingerprint density at radius 2 is 2.06 bits per heavy atom. The monoisotopic (exact) mass is 323 g/mol. The van der Waals surface area contributed by atoms with Gasteiger partial charge < -0.3 is 9.64 Å². The highest BCUT2D eigenvalue weighted by Crippen LogP contribution is 2.36. The van der Waals surface area contributed by atoms with Gasteiger partial charge in [0.05, 0.1) is 5.69 Å². The predicted octanol–water partition coefficient (Wildman–Crippen LogP) is 3.47. The third kappa shape index (κ3) is 2.95. The first-order chi connectivity index (χ1) is 8.37. The Balaban J connectivity index is 2.37. The Kier molecular flexibility index (Phi) is 3.52. The fraction of sp³-hybridized carbons (Fsp3) is 0.364. The van der Waals surface area contributed by atoms with E-state index >= 15 is 0 Å². The average Bonchev–Trinajstić information content (AvgIpc) is 2.65. The van der Waals surface area contributed by atoms with Crippen LogP contribution in [0.1, 0.15) is 12.8 Å². The highest BCUT2D eigenvalue weighted by Gasteiger charge is 2.34. The summed E-state index contributed by atoms with van der Waals surface area (Å²) in [6.45, 7) is 0.406. The van der Waals surface area contributed by atoms with Crippen molar-refractivity contribution in [2.45, 2.75) is 19.2 Å². The molecular formula is C11H9BrF3NO2. The number of alkyl halides is 3. The van der Waals surface area contributed by atoms with Crippen LogP contribution in [0.3, 0.4) is 0 Å². The Morgan fingerprint density at radius 3 is 2.61 bits per heavy atom. The Bertz CT molecular complexity index is 476.